The minimum atomic E-state index is -0.312. The smallest absolute Gasteiger partial charge is 0.164 e. The van der Waals surface area contributed by atoms with E-state index in [0.717, 1.165) is 39.3 Å². The zero-order valence-corrected chi connectivity index (χ0v) is 19.0. The third kappa shape index (κ3) is 7.97. The van der Waals surface area contributed by atoms with Crippen LogP contribution in [0.4, 0.5) is 4.39 Å². The Morgan fingerprint density at radius 1 is 0.967 bits per heavy atom. The van der Waals surface area contributed by atoms with Gasteiger partial charge in [0.1, 0.15) is 5.82 Å². The normalized spacial score (nSPS) is 15.7. The van der Waals surface area contributed by atoms with Crippen LogP contribution < -0.4 is 0 Å². The molecule has 4 nitrogen and oxygen atoms in total. The standard InChI is InChI=1S/C23H29FN2O2.2ClH/c1-2-28-23(20-6-4-3-5-7-20)18-26-16-14-25(15-17-26)13-12-22(27)19-8-10-21(24)11-9-19;;/h3-11,23H,2,12-18H2,1H3;2*1H. The van der Waals surface area contributed by atoms with Crippen LogP contribution >= 0.6 is 24.8 Å². The molecule has 0 aromatic heterocycles. The fraction of sp³-hybridized carbons (Fsp3) is 0.435. The fourth-order valence-corrected chi connectivity index (χ4v) is 3.59. The van der Waals surface area contributed by atoms with E-state index in [0.29, 0.717) is 18.6 Å². The van der Waals surface area contributed by atoms with Gasteiger partial charge in [-0.1, -0.05) is 30.3 Å². The predicted molar refractivity (Wildman–Crippen MR) is 124 cm³/mol. The third-order valence-corrected chi connectivity index (χ3v) is 5.25. The Kier molecular flexibility index (Phi) is 12.1. The van der Waals surface area contributed by atoms with Crippen molar-refractivity contribution in [3.8, 4) is 0 Å². The van der Waals surface area contributed by atoms with Gasteiger partial charge in [0.2, 0.25) is 0 Å². The Morgan fingerprint density at radius 3 is 2.17 bits per heavy atom. The molecule has 1 unspecified atom stereocenters. The molecule has 0 spiro atoms. The molecule has 0 radical (unpaired) electrons. The lowest BCUT2D eigenvalue weighted by Gasteiger charge is -2.36. The van der Waals surface area contributed by atoms with E-state index in [-0.39, 0.29) is 42.5 Å². The second-order valence-electron chi connectivity index (χ2n) is 7.18. The first-order valence-corrected chi connectivity index (χ1v) is 10.1. The molecule has 2 aromatic rings. The van der Waals surface area contributed by atoms with Crippen molar-refractivity contribution in [2.45, 2.75) is 19.4 Å². The summed E-state index contributed by atoms with van der Waals surface area (Å²) in [6.45, 7) is 8.21. The van der Waals surface area contributed by atoms with Crippen LogP contribution in [0.3, 0.4) is 0 Å². The quantitative estimate of drug-likeness (QED) is 0.514. The maximum absolute atomic E-state index is 13.0. The zero-order chi connectivity index (χ0) is 19.8. The Bertz CT molecular complexity index is 739. The van der Waals surface area contributed by atoms with E-state index < -0.39 is 0 Å². The van der Waals surface area contributed by atoms with Gasteiger partial charge in [-0.25, -0.2) is 4.39 Å². The Balaban J connectivity index is 0.00000225. The maximum atomic E-state index is 13.0. The van der Waals surface area contributed by atoms with Crippen LogP contribution in [0.1, 0.15) is 35.4 Å². The highest BCUT2D eigenvalue weighted by Gasteiger charge is 2.21. The summed E-state index contributed by atoms with van der Waals surface area (Å²) in [5.41, 5.74) is 1.80. The Morgan fingerprint density at radius 2 is 1.57 bits per heavy atom. The minimum Gasteiger partial charge on any atom is -0.372 e. The lowest BCUT2D eigenvalue weighted by molar-refractivity contribution is 0.0183. The summed E-state index contributed by atoms with van der Waals surface area (Å²) >= 11 is 0. The number of Topliss-reactive ketones (excluding diaryl/α,β-unsaturated/α-hetero) is 1. The molecule has 1 heterocycles. The molecule has 1 aliphatic heterocycles. The predicted octanol–water partition coefficient (Wildman–Crippen LogP) is 4.64. The molecule has 3 rings (SSSR count). The molecule has 0 amide bonds. The second kappa shape index (κ2) is 13.7. The molecule has 1 aliphatic rings. The van der Waals surface area contributed by atoms with Gasteiger partial charge >= 0.3 is 0 Å². The maximum Gasteiger partial charge on any atom is 0.164 e. The van der Waals surface area contributed by atoms with Gasteiger partial charge in [-0.05, 0) is 36.8 Å². The van der Waals surface area contributed by atoms with E-state index in [9.17, 15) is 9.18 Å². The molecule has 166 valence electrons. The van der Waals surface area contributed by atoms with Crippen molar-refractivity contribution >= 4 is 30.6 Å². The van der Waals surface area contributed by atoms with Crippen molar-refractivity contribution < 1.29 is 13.9 Å². The number of hydrogen-bond donors (Lipinski definition) is 0. The van der Waals surface area contributed by atoms with Gasteiger partial charge in [0.05, 0.1) is 6.10 Å². The first-order valence-electron chi connectivity index (χ1n) is 10.1. The van der Waals surface area contributed by atoms with Crippen molar-refractivity contribution in [3.63, 3.8) is 0 Å². The van der Waals surface area contributed by atoms with Gasteiger partial charge in [-0.2, -0.15) is 0 Å². The summed E-state index contributed by atoms with van der Waals surface area (Å²) < 4.78 is 18.9. The molecule has 0 bridgehead atoms. The number of benzene rings is 2. The number of halogens is 3. The largest absolute Gasteiger partial charge is 0.372 e. The lowest BCUT2D eigenvalue weighted by Crippen LogP contribution is -2.48. The summed E-state index contributed by atoms with van der Waals surface area (Å²) in [7, 11) is 0. The van der Waals surface area contributed by atoms with Gasteiger partial charge < -0.3 is 9.64 Å². The zero-order valence-electron chi connectivity index (χ0n) is 17.3. The lowest BCUT2D eigenvalue weighted by atomic mass is 10.1. The van der Waals surface area contributed by atoms with Crippen molar-refractivity contribution in [1.82, 2.24) is 9.80 Å². The van der Waals surface area contributed by atoms with Crippen molar-refractivity contribution in [1.29, 1.82) is 0 Å². The van der Waals surface area contributed by atoms with Crippen molar-refractivity contribution in [2.24, 2.45) is 0 Å². The molecular weight excluding hydrogens is 426 g/mol. The van der Waals surface area contributed by atoms with E-state index >= 15 is 0 Å². The van der Waals surface area contributed by atoms with Gasteiger partial charge in [-0.15, -0.1) is 24.8 Å². The van der Waals surface area contributed by atoms with Gasteiger partial charge in [0.15, 0.2) is 5.78 Å². The fourth-order valence-electron chi connectivity index (χ4n) is 3.59. The number of rotatable bonds is 9. The number of ether oxygens (including phenoxy) is 1. The molecule has 7 heteroatoms. The summed E-state index contributed by atoms with van der Waals surface area (Å²) in [5.74, 6) is -0.239. The van der Waals surface area contributed by atoms with E-state index in [2.05, 4.69) is 34.1 Å². The highest BCUT2D eigenvalue weighted by atomic mass is 35.5. The number of piperazine rings is 1. The summed E-state index contributed by atoms with van der Waals surface area (Å²) in [4.78, 5) is 17.0. The average molecular weight is 457 g/mol. The van der Waals surface area contributed by atoms with Crippen LogP contribution in [0.5, 0.6) is 0 Å². The molecule has 2 aromatic carbocycles. The molecule has 1 saturated heterocycles. The SMILES string of the molecule is CCOC(CN1CCN(CCC(=O)c2ccc(F)cc2)CC1)c1ccccc1.Cl.Cl. The van der Waals surface area contributed by atoms with Gasteiger partial charge in [-0.3, -0.25) is 9.69 Å². The van der Waals surface area contributed by atoms with Gasteiger partial charge in [0, 0.05) is 57.9 Å². The highest BCUT2D eigenvalue weighted by molar-refractivity contribution is 5.96. The molecule has 1 atom stereocenters. The number of carbonyl (C=O) groups is 1. The summed E-state index contributed by atoms with van der Waals surface area (Å²) in [5, 5.41) is 0. The van der Waals surface area contributed by atoms with Crippen LogP contribution in [0.15, 0.2) is 54.6 Å². The van der Waals surface area contributed by atoms with Crippen LogP contribution in [0.2, 0.25) is 0 Å². The van der Waals surface area contributed by atoms with E-state index in [1.165, 1.54) is 17.7 Å². The first-order chi connectivity index (χ1) is 13.7. The monoisotopic (exact) mass is 456 g/mol. The molecular formula is C23H31Cl2FN2O2. The highest BCUT2D eigenvalue weighted by Crippen LogP contribution is 2.19. The number of hydrogen-bond acceptors (Lipinski definition) is 4. The number of nitrogens with zero attached hydrogens (tertiary/aromatic N) is 2. The molecule has 0 aliphatic carbocycles. The van der Waals surface area contributed by atoms with E-state index in [4.69, 9.17) is 4.74 Å². The molecule has 0 N–H and O–H groups in total. The Labute approximate surface area is 191 Å². The summed E-state index contributed by atoms with van der Waals surface area (Å²) in [6.07, 6.45) is 0.565. The van der Waals surface area contributed by atoms with Gasteiger partial charge in [0.25, 0.3) is 0 Å². The van der Waals surface area contributed by atoms with E-state index in [1.807, 2.05) is 13.0 Å². The van der Waals surface area contributed by atoms with Crippen molar-refractivity contribution in [2.75, 3.05) is 45.9 Å². The Hall–Kier alpha value is -1.50. The van der Waals surface area contributed by atoms with E-state index in [1.54, 1.807) is 12.1 Å². The second-order valence-corrected chi connectivity index (χ2v) is 7.18. The third-order valence-electron chi connectivity index (χ3n) is 5.25. The first kappa shape index (κ1) is 26.5. The van der Waals surface area contributed by atoms with Crippen LogP contribution in [0.25, 0.3) is 0 Å². The minimum absolute atomic E-state index is 0. The van der Waals surface area contributed by atoms with Crippen molar-refractivity contribution in [3.05, 3.63) is 71.5 Å². The van der Waals surface area contributed by atoms with Crippen LogP contribution in [-0.2, 0) is 4.74 Å². The molecule has 30 heavy (non-hydrogen) atoms. The van der Waals surface area contributed by atoms with Crippen LogP contribution in [-0.4, -0.2) is 61.5 Å². The molecule has 0 saturated carbocycles. The van der Waals surface area contributed by atoms with Crippen LogP contribution in [0, 0.1) is 5.82 Å². The topological polar surface area (TPSA) is 32.8 Å². The molecule has 1 fully saturated rings. The number of ketones is 1. The summed E-state index contributed by atoms with van der Waals surface area (Å²) in [6, 6.07) is 16.2. The number of carbonyl (C=O) groups excluding carboxylic acids is 1. The average Bonchev–Trinajstić information content (AvgIpc) is 2.74.